The van der Waals surface area contributed by atoms with Gasteiger partial charge in [-0.15, -0.1) is 11.6 Å². The van der Waals surface area contributed by atoms with Gasteiger partial charge in [0, 0.05) is 42.9 Å². The summed E-state index contributed by atoms with van der Waals surface area (Å²) in [7, 11) is 0. The van der Waals surface area contributed by atoms with Gasteiger partial charge in [0.15, 0.2) is 0 Å². The van der Waals surface area contributed by atoms with E-state index in [-0.39, 0.29) is 34.5 Å². The Labute approximate surface area is 174 Å². The van der Waals surface area contributed by atoms with Crippen LogP contribution in [0, 0.1) is 46.3 Å². The number of hydrogen-bond acceptors (Lipinski definition) is 3. The molecule has 0 saturated heterocycles. The van der Waals surface area contributed by atoms with E-state index in [1.54, 1.807) is 0 Å². The van der Waals surface area contributed by atoms with Gasteiger partial charge < -0.3 is 0 Å². The molecule has 1 unspecified atom stereocenters. The van der Waals surface area contributed by atoms with Crippen LogP contribution in [0.2, 0.25) is 0 Å². The molecule has 0 amide bonds. The van der Waals surface area contributed by atoms with E-state index in [4.69, 9.17) is 11.6 Å². The Morgan fingerprint density at radius 3 is 2.54 bits per heavy atom. The first-order chi connectivity index (χ1) is 13.2. The third-order valence-electron chi connectivity index (χ3n) is 9.70. The standard InChI is InChI=1S/C24H35ClO3/c1-14(5-4-10-25)17-6-7-18-22-19(13-21(28)24(17,18)3)23(2)9-8-16(26)11-15(23)12-20(22)27/h14-15,17-19,22H,4-13H2,1-3H3/t14-,15?,17-,18+,19+,22+,23+,24-/m1/s1. The molecule has 0 radical (unpaired) electrons. The van der Waals surface area contributed by atoms with Gasteiger partial charge in [-0.3, -0.25) is 14.4 Å². The average Bonchev–Trinajstić information content (AvgIpc) is 3.01. The monoisotopic (exact) mass is 406 g/mol. The molecule has 4 aliphatic rings. The van der Waals surface area contributed by atoms with Crippen molar-refractivity contribution in [3.05, 3.63) is 0 Å². The summed E-state index contributed by atoms with van der Waals surface area (Å²) in [4.78, 5) is 39.0. The van der Waals surface area contributed by atoms with E-state index in [9.17, 15) is 14.4 Å². The summed E-state index contributed by atoms with van der Waals surface area (Å²) in [6.45, 7) is 6.73. The quantitative estimate of drug-likeness (QED) is 0.601. The zero-order chi connectivity index (χ0) is 20.3. The van der Waals surface area contributed by atoms with E-state index < -0.39 is 0 Å². The van der Waals surface area contributed by atoms with Gasteiger partial charge in [0.25, 0.3) is 0 Å². The number of carbonyl (C=O) groups is 3. The Balaban J connectivity index is 1.65. The van der Waals surface area contributed by atoms with Crippen molar-refractivity contribution in [2.75, 3.05) is 5.88 Å². The van der Waals surface area contributed by atoms with Crippen molar-refractivity contribution >= 4 is 29.0 Å². The Bertz CT molecular complexity index is 687. The van der Waals surface area contributed by atoms with Gasteiger partial charge in [-0.2, -0.15) is 0 Å². The van der Waals surface area contributed by atoms with Crippen molar-refractivity contribution in [3.8, 4) is 0 Å². The maximum absolute atomic E-state index is 13.6. The van der Waals surface area contributed by atoms with Gasteiger partial charge in [-0.1, -0.05) is 20.8 Å². The molecule has 0 N–H and O–H groups in total. The molecule has 8 atom stereocenters. The van der Waals surface area contributed by atoms with Gasteiger partial charge in [-0.05, 0) is 67.1 Å². The second-order valence-electron chi connectivity index (χ2n) is 10.8. The smallest absolute Gasteiger partial charge is 0.139 e. The number of fused-ring (bicyclic) bond motifs is 5. The van der Waals surface area contributed by atoms with Crippen LogP contribution >= 0.6 is 11.6 Å². The van der Waals surface area contributed by atoms with E-state index in [0.717, 1.165) is 32.1 Å². The molecule has 0 heterocycles. The molecule has 0 aromatic carbocycles. The fourth-order valence-corrected chi connectivity index (χ4v) is 8.14. The molecule has 156 valence electrons. The Morgan fingerprint density at radius 1 is 1.07 bits per heavy atom. The zero-order valence-electron chi connectivity index (χ0n) is 17.6. The second kappa shape index (κ2) is 7.22. The first-order valence-corrected chi connectivity index (χ1v) is 11.9. The number of carbonyl (C=O) groups excluding carboxylic acids is 3. The normalized spacial score (nSPS) is 46.7. The molecule has 0 aromatic rings. The number of rotatable bonds is 4. The lowest BCUT2D eigenvalue weighted by atomic mass is 9.44. The van der Waals surface area contributed by atoms with Crippen LogP contribution < -0.4 is 0 Å². The molecule has 4 saturated carbocycles. The maximum Gasteiger partial charge on any atom is 0.139 e. The van der Waals surface area contributed by atoms with Gasteiger partial charge >= 0.3 is 0 Å². The Kier molecular flexibility index (Phi) is 5.30. The lowest BCUT2D eigenvalue weighted by Crippen LogP contribution is -2.60. The molecular formula is C24H35ClO3. The van der Waals surface area contributed by atoms with Crippen LogP contribution in [0.25, 0.3) is 0 Å². The van der Waals surface area contributed by atoms with Crippen molar-refractivity contribution in [2.24, 2.45) is 46.3 Å². The van der Waals surface area contributed by atoms with Crippen LogP contribution in [0.3, 0.4) is 0 Å². The van der Waals surface area contributed by atoms with Crippen molar-refractivity contribution in [1.29, 1.82) is 0 Å². The first-order valence-electron chi connectivity index (χ1n) is 11.4. The number of Topliss-reactive ketones (excluding diaryl/α,β-unsaturated/α-hetero) is 3. The van der Waals surface area contributed by atoms with Gasteiger partial charge in [-0.25, -0.2) is 0 Å². The Hall–Kier alpha value is -0.700. The SMILES string of the molecule is C[C@H](CCCCl)[C@H]1CC[C@H]2[C@@H]3C(=O)CC4CC(=O)CC[C@]4(C)[C@H]3CC(=O)[C@]12C. The zero-order valence-corrected chi connectivity index (χ0v) is 18.4. The number of alkyl halides is 1. The highest BCUT2D eigenvalue weighted by Crippen LogP contribution is 2.66. The molecule has 0 aromatic heterocycles. The highest BCUT2D eigenvalue weighted by atomic mass is 35.5. The summed E-state index contributed by atoms with van der Waals surface area (Å²) >= 11 is 5.92. The number of halogens is 1. The third-order valence-corrected chi connectivity index (χ3v) is 9.97. The van der Waals surface area contributed by atoms with Crippen LogP contribution in [-0.4, -0.2) is 23.2 Å². The van der Waals surface area contributed by atoms with Crippen LogP contribution in [0.4, 0.5) is 0 Å². The van der Waals surface area contributed by atoms with Gasteiger partial charge in [0.05, 0.1) is 0 Å². The maximum atomic E-state index is 13.6. The minimum absolute atomic E-state index is 0.0220. The summed E-state index contributed by atoms with van der Waals surface area (Å²) in [5, 5.41) is 0. The molecule has 4 rings (SSSR count). The van der Waals surface area contributed by atoms with Crippen molar-refractivity contribution < 1.29 is 14.4 Å². The van der Waals surface area contributed by atoms with Crippen LogP contribution in [0.5, 0.6) is 0 Å². The van der Waals surface area contributed by atoms with Crippen LogP contribution in [0.15, 0.2) is 0 Å². The van der Waals surface area contributed by atoms with Crippen molar-refractivity contribution in [1.82, 2.24) is 0 Å². The summed E-state index contributed by atoms with van der Waals surface area (Å²) in [6, 6.07) is 0. The summed E-state index contributed by atoms with van der Waals surface area (Å²) < 4.78 is 0. The largest absolute Gasteiger partial charge is 0.300 e. The van der Waals surface area contributed by atoms with E-state index in [1.807, 2.05) is 0 Å². The summed E-state index contributed by atoms with van der Waals surface area (Å²) in [5.41, 5.74) is -0.373. The molecule has 4 fully saturated rings. The molecule has 0 bridgehead atoms. The van der Waals surface area contributed by atoms with E-state index in [0.29, 0.717) is 60.7 Å². The molecule has 3 nitrogen and oxygen atoms in total. The highest BCUT2D eigenvalue weighted by molar-refractivity contribution is 6.17. The average molecular weight is 407 g/mol. The molecule has 0 aliphatic heterocycles. The van der Waals surface area contributed by atoms with E-state index in [2.05, 4.69) is 20.8 Å². The highest BCUT2D eigenvalue weighted by Gasteiger charge is 2.66. The molecule has 0 spiro atoms. The molecule has 28 heavy (non-hydrogen) atoms. The molecule has 4 heteroatoms. The fraction of sp³-hybridized carbons (Fsp3) is 0.875. The fourth-order valence-electron chi connectivity index (χ4n) is 7.99. The second-order valence-corrected chi connectivity index (χ2v) is 11.1. The Morgan fingerprint density at radius 2 is 1.82 bits per heavy atom. The van der Waals surface area contributed by atoms with Crippen molar-refractivity contribution in [3.63, 3.8) is 0 Å². The summed E-state index contributed by atoms with van der Waals surface area (Å²) in [6.07, 6.45) is 7.24. The molecule has 4 aliphatic carbocycles. The lowest BCUT2D eigenvalue weighted by Gasteiger charge is -2.58. The molecular weight excluding hydrogens is 372 g/mol. The summed E-state index contributed by atoms with van der Waals surface area (Å²) in [5.74, 6) is 3.10. The lowest BCUT2D eigenvalue weighted by molar-refractivity contribution is -0.166. The van der Waals surface area contributed by atoms with E-state index in [1.165, 1.54) is 0 Å². The number of ketones is 3. The predicted octanol–water partition coefficient (Wildman–Crippen LogP) is 5.23. The van der Waals surface area contributed by atoms with Crippen LogP contribution in [-0.2, 0) is 14.4 Å². The number of hydrogen-bond donors (Lipinski definition) is 0. The van der Waals surface area contributed by atoms with Gasteiger partial charge in [0.2, 0.25) is 0 Å². The van der Waals surface area contributed by atoms with Crippen LogP contribution in [0.1, 0.15) is 78.6 Å². The van der Waals surface area contributed by atoms with Gasteiger partial charge in [0.1, 0.15) is 17.3 Å². The van der Waals surface area contributed by atoms with Crippen molar-refractivity contribution in [2.45, 2.75) is 78.6 Å². The predicted molar refractivity (Wildman–Crippen MR) is 110 cm³/mol. The third kappa shape index (κ3) is 2.86. The first kappa shape index (κ1) is 20.6. The minimum Gasteiger partial charge on any atom is -0.300 e. The minimum atomic E-state index is -0.351. The van der Waals surface area contributed by atoms with E-state index >= 15 is 0 Å². The topological polar surface area (TPSA) is 51.2 Å².